The summed E-state index contributed by atoms with van der Waals surface area (Å²) in [6.45, 7) is 3.63. The second-order valence-corrected chi connectivity index (χ2v) is 3.40. The van der Waals surface area contributed by atoms with Crippen LogP contribution in [0.1, 0.15) is 24.8 Å². The number of ether oxygens (including phenoxy) is 1. The lowest BCUT2D eigenvalue weighted by Crippen LogP contribution is -2.17. The van der Waals surface area contributed by atoms with Crippen molar-refractivity contribution in [2.75, 3.05) is 0 Å². The molecule has 0 amide bonds. The fourth-order valence-electron chi connectivity index (χ4n) is 0.600. The molecule has 0 fully saturated rings. The van der Waals surface area contributed by atoms with Crippen LogP contribution in [0.2, 0.25) is 0 Å². The maximum Gasteiger partial charge on any atom is 0.575 e. The zero-order valence-corrected chi connectivity index (χ0v) is 7.74. The van der Waals surface area contributed by atoms with Gasteiger partial charge in [0.25, 0.3) is 0 Å². The van der Waals surface area contributed by atoms with Gasteiger partial charge in [0, 0.05) is 5.92 Å². The average molecular weight is 212 g/mol. The van der Waals surface area contributed by atoms with Gasteiger partial charge in [-0.15, -0.1) is 17.5 Å². The van der Waals surface area contributed by atoms with Crippen LogP contribution in [0.15, 0.2) is 0 Å². The lowest BCUT2D eigenvalue weighted by atomic mass is 10.2. The van der Waals surface area contributed by atoms with Gasteiger partial charge in [-0.1, -0.05) is 13.8 Å². The summed E-state index contributed by atoms with van der Waals surface area (Å²) < 4.78 is 41.9. The quantitative estimate of drug-likeness (QED) is 0.755. The van der Waals surface area contributed by atoms with Gasteiger partial charge in [0.05, 0.1) is 0 Å². The Hall–Kier alpha value is -0.850. The van der Waals surface area contributed by atoms with Crippen LogP contribution in [-0.4, -0.2) is 15.7 Å². The number of hydrogen-bond acceptors (Lipinski definition) is 4. The van der Waals surface area contributed by atoms with Gasteiger partial charge in [-0.25, -0.2) is 0 Å². The van der Waals surface area contributed by atoms with E-state index in [0.29, 0.717) is 5.01 Å². The maximum absolute atomic E-state index is 11.7. The lowest BCUT2D eigenvalue weighted by Gasteiger charge is -2.03. The predicted octanol–water partition coefficient (Wildman–Crippen LogP) is 2.56. The molecule has 1 aromatic rings. The van der Waals surface area contributed by atoms with Crippen molar-refractivity contribution >= 4 is 11.5 Å². The molecule has 7 heteroatoms. The molecular formula is C6H7F3N2OS. The fourth-order valence-corrected chi connectivity index (χ4v) is 1.18. The second kappa shape index (κ2) is 3.49. The third-order valence-electron chi connectivity index (χ3n) is 1.12. The molecule has 0 saturated carbocycles. The largest absolute Gasteiger partial charge is 0.575 e. The molecule has 0 aliphatic rings. The first-order chi connectivity index (χ1) is 5.88. The van der Waals surface area contributed by atoms with Crippen molar-refractivity contribution in [1.29, 1.82) is 0 Å². The van der Waals surface area contributed by atoms with Crippen LogP contribution in [0.4, 0.5) is 13.2 Å². The molecule has 0 bridgehead atoms. The molecule has 13 heavy (non-hydrogen) atoms. The predicted molar refractivity (Wildman–Crippen MR) is 40.7 cm³/mol. The van der Waals surface area contributed by atoms with Crippen molar-refractivity contribution in [3.63, 3.8) is 0 Å². The Morgan fingerprint density at radius 2 is 2.00 bits per heavy atom. The Morgan fingerprint density at radius 3 is 2.38 bits per heavy atom. The van der Waals surface area contributed by atoms with Crippen molar-refractivity contribution < 1.29 is 17.9 Å². The van der Waals surface area contributed by atoms with E-state index in [1.165, 1.54) is 0 Å². The first kappa shape index (κ1) is 10.2. The number of alkyl halides is 3. The molecule has 0 unspecified atom stereocenters. The molecule has 0 aromatic carbocycles. The molecule has 0 saturated heterocycles. The molecule has 0 atom stereocenters. The number of aromatic nitrogens is 2. The summed E-state index contributed by atoms with van der Waals surface area (Å²) >= 11 is 0.912. The Bertz CT molecular complexity index is 284. The Balaban J connectivity index is 2.70. The first-order valence-corrected chi connectivity index (χ1v) is 4.25. The van der Waals surface area contributed by atoms with Gasteiger partial charge in [-0.05, 0) is 11.5 Å². The van der Waals surface area contributed by atoms with Crippen LogP contribution < -0.4 is 4.74 Å². The van der Waals surface area contributed by atoms with Crippen molar-refractivity contribution in [1.82, 2.24) is 9.36 Å². The highest BCUT2D eigenvalue weighted by molar-refractivity contribution is 7.05. The molecule has 3 nitrogen and oxygen atoms in total. The Kier molecular flexibility index (Phi) is 2.74. The molecule has 1 heterocycles. The molecule has 0 radical (unpaired) electrons. The van der Waals surface area contributed by atoms with Crippen LogP contribution in [-0.2, 0) is 0 Å². The summed E-state index contributed by atoms with van der Waals surface area (Å²) in [5.74, 6) is 0.0584. The van der Waals surface area contributed by atoms with Crippen molar-refractivity contribution in [2.24, 2.45) is 0 Å². The summed E-state index contributed by atoms with van der Waals surface area (Å²) in [6, 6.07) is -0.624. The third kappa shape index (κ3) is 3.17. The standard InChI is InChI=1S/C6H7F3N2OS/c1-3(2)4-10-5(11-13-4)12-6(7,8)9/h3H,1-2H3. The maximum atomic E-state index is 11.7. The summed E-state index contributed by atoms with van der Waals surface area (Å²) in [7, 11) is 0. The van der Waals surface area contributed by atoms with Crippen LogP contribution in [0.5, 0.6) is 6.01 Å². The van der Waals surface area contributed by atoms with E-state index in [4.69, 9.17) is 0 Å². The molecule has 1 aromatic heterocycles. The van der Waals surface area contributed by atoms with E-state index in [2.05, 4.69) is 14.1 Å². The van der Waals surface area contributed by atoms with Gasteiger partial charge < -0.3 is 4.74 Å². The number of rotatable bonds is 2. The van der Waals surface area contributed by atoms with Gasteiger partial charge in [-0.2, -0.15) is 4.98 Å². The third-order valence-corrected chi connectivity index (χ3v) is 2.12. The van der Waals surface area contributed by atoms with Crippen molar-refractivity contribution in [3.05, 3.63) is 5.01 Å². The van der Waals surface area contributed by atoms with Crippen LogP contribution in [0, 0.1) is 0 Å². The van der Waals surface area contributed by atoms with Gasteiger partial charge in [0.1, 0.15) is 5.01 Å². The molecule has 1 rings (SSSR count). The normalized spacial score (nSPS) is 12.2. The van der Waals surface area contributed by atoms with E-state index < -0.39 is 12.4 Å². The summed E-state index contributed by atoms with van der Waals surface area (Å²) in [5.41, 5.74) is 0. The SMILES string of the molecule is CC(C)c1nc(OC(F)(F)F)ns1. The lowest BCUT2D eigenvalue weighted by molar-refractivity contribution is -0.277. The van der Waals surface area contributed by atoms with E-state index in [0.717, 1.165) is 11.5 Å². The first-order valence-electron chi connectivity index (χ1n) is 3.48. The minimum Gasteiger partial charge on any atom is -0.370 e. The Labute approximate surface area is 76.7 Å². The summed E-state index contributed by atoms with van der Waals surface area (Å²) in [6.07, 6.45) is -4.71. The monoisotopic (exact) mass is 212 g/mol. The number of halogens is 3. The highest BCUT2D eigenvalue weighted by Gasteiger charge is 2.33. The number of nitrogens with zero attached hydrogens (tertiary/aromatic N) is 2. The van der Waals surface area contributed by atoms with E-state index in [9.17, 15) is 13.2 Å². The van der Waals surface area contributed by atoms with Crippen molar-refractivity contribution in [2.45, 2.75) is 26.1 Å². The Morgan fingerprint density at radius 1 is 1.38 bits per heavy atom. The minimum absolute atomic E-state index is 0.0584. The molecule has 0 N–H and O–H groups in total. The van der Waals surface area contributed by atoms with Crippen LogP contribution in [0.25, 0.3) is 0 Å². The van der Waals surface area contributed by atoms with Crippen LogP contribution in [0.3, 0.4) is 0 Å². The van der Waals surface area contributed by atoms with Gasteiger partial charge in [0.2, 0.25) is 0 Å². The topological polar surface area (TPSA) is 35.0 Å². The van der Waals surface area contributed by atoms with Gasteiger partial charge in [-0.3, -0.25) is 0 Å². The number of hydrogen-bond donors (Lipinski definition) is 0. The zero-order valence-electron chi connectivity index (χ0n) is 6.92. The zero-order chi connectivity index (χ0) is 10.1. The smallest absolute Gasteiger partial charge is 0.370 e. The highest BCUT2D eigenvalue weighted by atomic mass is 32.1. The summed E-state index contributed by atoms with van der Waals surface area (Å²) in [4.78, 5) is 3.56. The van der Waals surface area contributed by atoms with Crippen molar-refractivity contribution in [3.8, 4) is 6.01 Å². The molecule has 0 spiro atoms. The van der Waals surface area contributed by atoms with E-state index >= 15 is 0 Å². The van der Waals surface area contributed by atoms with Gasteiger partial charge in [0.15, 0.2) is 0 Å². The van der Waals surface area contributed by atoms with E-state index in [-0.39, 0.29) is 5.92 Å². The fraction of sp³-hybridized carbons (Fsp3) is 0.667. The summed E-state index contributed by atoms with van der Waals surface area (Å²) in [5, 5.41) is 0.527. The van der Waals surface area contributed by atoms with Crippen LogP contribution >= 0.6 is 11.5 Å². The minimum atomic E-state index is -4.71. The van der Waals surface area contributed by atoms with Gasteiger partial charge >= 0.3 is 12.4 Å². The molecule has 74 valence electrons. The molecule has 0 aliphatic carbocycles. The van der Waals surface area contributed by atoms with E-state index in [1.54, 1.807) is 0 Å². The van der Waals surface area contributed by atoms with E-state index in [1.807, 2.05) is 13.8 Å². The second-order valence-electron chi connectivity index (χ2n) is 2.62. The average Bonchev–Trinajstić information content (AvgIpc) is 2.31. The molecular weight excluding hydrogens is 205 g/mol. The highest BCUT2D eigenvalue weighted by Crippen LogP contribution is 2.24. The molecule has 0 aliphatic heterocycles.